The maximum atomic E-state index is 13.8. The van der Waals surface area contributed by atoms with Gasteiger partial charge in [0.15, 0.2) is 11.4 Å². The first-order chi connectivity index (χ1) is 15.9. The van der Waals surface area contributed by atoms with Crippen LogP contribution in [-0.4, -0.2) is 42.3 Å². The van der Waals surface area contributed by atoms with Gasteiger partial charge in [0, 0.05) is 36.3 Å². The van der Waals surface area contributed by atoms with Gasteiger partial charge in [0.2, 0.25) is 5.75 Å². The molecule has 0 aliphatic carbocycles. The molecular weight excluding hydrogens is 472 g/mol. The number of nitrogens with zero attached hydrogens (tertiary/aromatic N) is 2. The van der Waals surface area contributed by atoms with Crippen LogP contribution in [0.1, 0.15) is 24.5 Å². The van der Waals surface area contributed by atoms with Crippen molar-refractivity contribution in [1.82, 2.24) is 9.88 Å². The zero-order valence-electron chi connectivity index (χ0n) is 17.9. The van der Waals surface area contributed by atoms with Crippen molar-refractivity contribution in [3.05, 3.63) is 57.7 Å². The molecule has 2 N–H and O–H groups in total. The molecule has 0 spiro atoms. The molecule has 1 amide bonds. The number of anilines is 1. The quantitative estimate of drug-likeness (QED) is 0.441. The molecule has 1 aliphatic heterocycles. The predicted octanol–water partition coefficient (Wildman–Crippen LogP) is 5.72. The van der Waals surface area contributed by atoms with Gasteiger partial charge in [-0.3, -0.25) is 0 Å². The first-order valence-electron chi connectivity index (χ1n) is 10.4. The number of nitrogens with two attached hydrogens (primary N) is 1. The minimum absolute atomic E-state index is 0.0308. The molecule has 0 atom stereocenters. The van der Waals surface area contributed by atoms with Gasteiger partial charge in [-0.1, -0.05) is 29.3 Å². The van der Waals surface area contributed by atoms with Crippen LogP contribution in [0.25, 0.3) is 16.5 Å². The highest BCUT2D eigenvalue weighted by molar-refractivity contribution is 6.36. The molecule has 174 valence electrons. The SMILES string of the molecule is CCOC(=O)N1CC=C(c2coc3c(OCCc4c(Cl)ccc(F)c4Cl)c(N)ncc23)CC1. The van der Waals surface area contributed by atoms with Crippen LogP contribution in [-0.2, 0) is 11.2 Å². The van der Waals surface area contributed by atoms with Gasteiger partial charge >= 0.3 is 6.09 Å². The smallest absolute Gasteiger partial charge is 0.410 e. The van der Waals surface area contributed by atoms with Crippen LogP contribution >= 0.6 is 23.2 Å². The van der Waals surface area contributed by atoms with Crippen LogP contribution in [0.3, 0.4) is 0 Å². The van der Waals surface area contributed by atoms with E-state index in [1.807, 2.05) is 6.08 Å². The summed E-state index contributed by atoms with van der Waals surface area (Å²) in [5.41, 5.74) is 8.85. The number of carbonyl (C=O) groups excluding carboxylic acids is 1. The number of aromatic nitrogens is 1. The third kappa shape index (κ3) is 4.72. The average Bonchev–Trinajstić information content (AvgIpc) is 3.24. The van der Waals surface area contributed by atoms with Gasteiger partial charge in [-0.05, 0) is 36.6 Å². The molecule has 0 fully saturated rings. The Morgan fingerprint density at radius 3 is 2.91 bits per heavy atom. The lowest BCUT2D eigenvalue weighted by Crippen LogP contribution is -2.35. The number of carbonyl (C=O) groups is 1. The average molecular weight is 494 g/mol. The Morgan fingerprint density at radius 2 is 2.18 bits per heavy atom. The molecule has 2 aromatic heterocycles. The second kappa shape index (κ2) is 9.89. The highest BCUT2D eigenvalue weighted by Crippen LogP contribution is 2.38. The number of nitrogen functional groups attached to an aromatic ring is 1. The van der Waals surface area contributed by atoms with Crippen molar-refractivity contribution >= 4 is 51.7 Å². The third-order valence-electron chi connectivity index (χ3n) is 5.42. The fourth-order valence-corrected chi connectivity index (χ4v) is 4.28. The number of benzene rings is 1. The Labute approximate surface area is 199 Å². The molecule has 33 heavy (non-hydrogen) atoms. The van der Waals surface area contributed by atoms with Crippen LogP contribution in [0.5, 0.6) is 5.75 Å². The summed E-state index contributed by atoms with van der Waals surface area (Å²) >= 11 is 12.2. The van der Waals surface area contributed by atoms with Crippen LogP contribution in [0.15, 0.2) is 35.1 Å². The Bertz CT molecular complexity index is 1230. The van der Waals surface area contributed by atoms with Crippen molar-refractivity contribution in [2.45, 2.75) is 19.8 Å². The van der Waals surface area contributed by atoms with Gasteiger partial charge in [0.25, 0.3) is 0 Å². The molecule has 1 aliphatic rings. The van der Waals surface area contributed by atoms with Gasteiger partial charge < -0.3 is 24.5 Å². The second-order valence-electron chi connectivity index (χ2n) is 7.41. The summed E-state index contributed by atoms with van der Waals surface area (Å²) < 4.78 is 30.5. The Balaban J connectivity index is 1.53. The Morgan fingerprint density at radius 1 is 1.36 bits per heavy atom. The van der Waals surface area contributed by atoms with E-state index in [0.29, 0.717) is 48.0 Å². The molecule has 4 rings (SSSR count). The van der Waals surface area contributed by atoms with Crippen molar-refractivity contribution in [3.63, 3.8) is 0 Å². The molecule has 0 unspecified atom stereocenters. The van der Waals surface area contributed by atoms with E-state index >= 15 is 0 Å². The molecule has 0 saturated heterocycles. The standard InChI is InChI=1S/C23H22Cl2FN3O4/c1-2-31-23(30)29-8-5-13(6-9-29)16-12-33-20-15(16)11-28-22(27)21(20)32-10-7-14-17(24)3-4-18(26)19(14)25/h3-5,11-12H,2,6-10H2,1H3,(H2,27,28). The van der Waals surface area contributed by atoms with Crippen molar-refractivity contribution in [2.75, 3.05) is 32.0 Å². The normalized spacial score (nSPS) is 13.8. The van der Waals surface area contributed by atoms with Crippen molar-refractivity contribution in [1.29, 1.82) is 0 Å². The minimum atomic E-state index is -0.544. The zero-order valence-corrected chi connectivity index (χ0v) is 19.4. The van der Waals surface area contributed by atoms with Crippen LogP contribution in [0.2, 0.25) is 10.0 Å². The maximum Gasteiger partial charge on any atom is 0.410 e. The van der Waals surface area contributed by atoms with E-state index in [9.17, 15) is 9.18 Å². The molecule has 1 aromatic carbocycles. The Kier molecular flexibility index (Phi) is 6.95. The zero-order chi connectivity index (χ0) is 23.5. The van der Waals surface area contributed by atoms with Gasteiger partial charge in [0.05, 0.1) is 29.9 Å². The second-order valence-corrected chi connectivity index (χ2v) is 8.19. The lowest BCUT2D eigenvalue weighted by Gasteiger charge is -2.25. The fraction of sp³-hybridized carbons (Fsp3) is 0.304. The van der Waals surface area contributed by atoms with Crippen LogP contribution in [0.4, 0.5) is 15.0 Å². The first kappa shape index (κ1) is 23.2. The maximum absolute atomic E-state index is 13.8. The topological polar surface area (TPSA) is 90.8 Å². The fourth-order valence-electron chi connectivity index (χ4n) is 3.72. The van der Waals surface area contributed by atoms with E-state index in [4.69, 9.17) is 42.8 Å². The number of fused-ring (bicyclic) bond motifs is 1. The van der Waals surface area contributed by atoms with Gasteiger partial charge in [0.1, 0.15) is 5.82 Å². The van der Waals surface area contributed by atoms with Crippen molar-refractivity contribution in [3.8, 4) is 5.75 Å². The van der Waals surface area contributed by atoms with Gasteiger partial charge in [-0.15, -0.1) is 0 Å². The van der Waals surface area contributed by atoms with Crippen LogP contribution < -0.4 is 10.5 Å². The predicted molar refractivity (Wildman–Crippen MR) is 125 cm³/mol. The Hall–Kier alpha value is -2.97. The minimum Gasteiger partial charge on any atom is -0.486 e. The molecule has 0 radical (unpaired) electrons. The summed E-state index contributed by atoms with van der Waals surface area (Å²) in [4.78, 5) is 17.8. The van der Waals surface area contributed by atoms with Crippen molar-refractivity contribution in [2.24, 2.45) is 0 Å². The van der Waals surface area contributed by atoms with Crippen molar-refractivity contribution < 1.29 is 23.1 Å². The molecule has 3 heterocycles. The number of hydrogen-bond acceptors (Lipinski definition) is 6. The number of hydrogen-bond donors (Lipinski definition) is 1. The largest absolute Gasteiger partial charge is 0.486 e. The number of halogens is 3. The van der Waals surface area contributed by atoms with Gasteiger partial charge in [-0.25, -0.2) is 14.2 Å². The summed E-state index contributed by atoms with van der Waals surface area (Å²) in [6.07, 6.45) is 5.82. The van der Waals surface area contributed by atoms with Crippen LogP contribution in [0, 0.1) is 5.82 Å². The molecule has 0 bridgehead atoms. The van der Waals surface area contributed by atoms with Gasteiger partial charge in [-0.2, -0.15) is 0 Å². The van der Waals surface area contributed by atoms with E-state index in [-0.39, 0.29) is 30.0 Å². The number of furan rings is 1. The number of amides is 1. The molecule has 10 heteroatoms. The number of ether oxygens (including phenoxy) is 2. The molecule has 0 saturated carbocycles. The summed E-state index contributed by atoms with van der Waals surface area (Å²) in [5, 5.41) is 1.07. The summed E-state index contributed by atoms with van der Waals surface area (Å²) in [5.74, 6) is -0.0739. The summed E-state index contributed by atoms with van der Waals surface area (Å²) in [6.45, 7) is 3.24. The van der Waals surface area contributed by atoms with E-state index in [0.717, 1.165) is 16.5 Å². The highest BCUT2D eigenvalue weighted by atomic mass is 35.5. The lowest BCUT2D eigenvalue weighted by molar-refractivity contribution is 0.111. The third-order valence-corrected chi connectivity index (χ3v) is 6.18. The van der Waals surface area contributed by atoms with E-state index < -0.39 is 5.82 Å². The lowest BCUT2D eigenvalue weighted by atomic mass is 10.00. The summed E-state index contributed by atoms with van der Waals surface area (Å²) in [6, 6.07) is 2.67. The molecular formula is C23H22Cl2FN3O4. The number of rotatable bonds is 6. The molecule has 3 aromatic rings. The van der Waals surface area contributed by atoms with E-state index in [1.165, 1.54) is 12.1 Å². The van der Waals surface area contributed by atoms with E-state index in [2.05, 4.69) is 4.98 Å². The highest BCUT2D eigenvalue weighted by Gasteiger charge is 2.23. The first-order valence-corrected chi connectivity index (χ1v) is 11.2. The summed E-state index contributed by atoms with van der Waals surface area (Å²) in [7, 11) is 0. The molecule has 7 nitrogen and oxygen atoms in total. The monoisotopic (exact) mass is 493 g/mol. The number of pyridine rings is 1. The van der Waals surface area contributed by atoms with E-state index in [1.54, 1.807) is 24.3 Å².